The van der Waals surface area contributed by atoms with Crippen molar-refractivity contribution in [2.45, 2.75) is 45.6 Å². The molecule has 3 heteroatoms. The predicted octanol–water partition coefficient (Wildman–Crippen LogP) is 2.43. The molecule has 0 saturated carbocycles. The first kappa shape index (κ1) is 13.6. The van der Waals surface area contributed by atoms with Crippen molar-refractivity contribution in [3.63, 3.8) is 0 Å². The summed E-state index contributed by atoms with van der Waals surface area (Å²) in [6, 6.07) is 0. The zero-order valence-electron chi connectivity index (χ0n) is 9.54. The van der Waals surface area contributed by atoms with Gasteiger partial charge in [0.25, 0.3) is 0 Å². The summed E-state index contributed by atoms with van der Waals surface area (Å²) < 4.78 is 9.93. The lowest BCUT2D eigenvalue weighted by molar-refractivity contribution is -0.117. The van der Waals surface area contributed by atoms with E-state index in [0.717, 1.165) is 6.61 Å². The summed E-state index contributed by atoms with van der Waals surface area (Å²) in [5, 5.41) is 0. The van der Waals surface area contributed by atoms with Gasteiger partial charge in [-0.1, -0.05) is 6.92 Å². The summed E-state index contributed by atoms with van der Waals surface area (Å²) in [5.41, 5.74) is 0. The molecule has 1 aliphatic rings. The van der Waals surface area contributed by atoms with Gasteiger partial charge in [0.15, 0.2) is 0 Å². The molecule has 0 aromatic heterocycles. The molecule has 1 aliphatic heterocycles. The second kappa shape index (κ2) is 9.16. The fourth-order valence-corrected chi connectivity index (χ4v) is 1.21. The molecule has 0 amide bonds. The van der Waals surface area contributed by atoms with Crippen LogP contribution < -0.4 is 0 Å². The number of ketones is 1. The first-order valence-corrected chi connectivity index (χ1v) is 5.30. The number of carbonyl (C=O) groups excluding carboxylic acids is 1. The first-order valence-electron chi connectivity index (χ1n) is 5.30. The number of Topliss-reactive ketones (excluding diaryl/α,β-unsaturated/α-hetero) is 1. The van der Waals surface area contributed by atoms with Gasteiger partial charge in [-0.05, 0) is 26.2 Å². The van der Waals surface area contributed by atoms with Crippen LogP contribution in [0.25, 0.3) is 0 Å². The van der Waals surface area contributed by atoms with Crippen molar-refractivity contribution < 1.29 is 15.7 Å². The van der Waals surface area contributed by atoms with E-state index in [-0.39, 0.29) is 7.21 Å². The number of hydrogen-bond acceptors (Lipinski definition) is 3. The fraction of sp³-hybridized carbons (Fsp3) is 0.909. The van der Waals surface area contributed by atoms with Crippen molar-refractivity contribution >= 4 is 5.78 Å². The minimum atomic E-state index is 0. The lowest BCUT2D eigenvalue weighted by Crippen LogP contribution is -2.00. The van der Waals surface area contributed by atoms with Crippen LogP contribution >= 0.6 is 0 Å². The second-order valence-corrected chi connectivity index (χ2v) is 3.49. The smallest absolute Gasteiger partial charge is 0.132 e. The summed E-state index contributed by atoms with van der Waals surface area (Å²) in [7, 11) is 1.59. The average Bonchev–Trinajstić information content (AvgIpc) is 2.68. The van der Waals surface area contributed by atoms with E-state index in [0.29, 0.717) is 19.1 Å². The Morgan fingerprint density at radius 2 is 2.36 bits per heavy atom. The molecule has 0 bridgehead atoms. The maximum Gasteiger partial charge on any atom is 0.132 e. The molecular formula is C11H24O3. The molecule has 1 rings (SSSR count). The van der Waals surface area contributed by atoms with Crippen LogP contribution in [0.1, 0.15) is 41.0 Å². The standard InChI is InChI=1S/C6H12O.C5H10O2.H2/c1-2-6-4-3-5-7-6;1-5(6)3-4-7-2;/h6H,2-5H2,1H3;3-4H2,1-2H3;1H. The summed E-state index contributed by atoms with van der Waals surface area (Å²) in [4.78, 5) is 10.1. The summed E-state index contributed by atoms with van der Waals surface area (Å²) >= 11 is 0. The molecule has 0 N–H and O–H groups in total. The Labute approximate surface area is 88.3 Å². The maximum atomic E-state index is 10.1. The molecule has 3 nitrogen and oxygen atoms in total. The molecule has 0 aliphatic carbocycles. The molecular weight excluding hydrogens is 180 g/mol. The fourth-order valence-electron chi connectivity index (χ4n) is 1.21. The molecule has 0 radical (unpaired) electrons. The first-order chi connectivity index (χ1) is 6.70. The van der Waals surface area contributed by atoms with E-state index in [1.165, 1.54) is 19.3 Å². The Morgan fingerprint density at radius 3 is 2.57 bits per heavy atom. The van der Waals surface area contributed by atoms with Gasteiger partial charge in [0, 0.05) is 21.6 Å². The van der Waals surface area contributed by atoms with Crippen molar-refractivity contribution in [1.29, 1.82) is 0 Å². The van der Waals surface area contributed by atoms with E-state index in [1.54, 1.807) is 14.0 Å². The lowest BCUT2D eigenvalue weighted by atomic mass is 10.2. The van der Waals surface area contributed by atoms with Gasteiger partial charge < -0.3 is 9.47 Å². The van der Waals surface area contributed by atoms with Gasteiger partial charge in [0.1, 0.15) is 5.78 Å². The van der Waals surface area contributed by atoms with Crippen molar-refractivity contribution in [3.8, 4) is 0 Å². The van der Waals surface area contributed by atoms with E-state index < -0.39 is 0 Å². The normalized spacial score (nSPS) is 20.1. The van der Waals surface area contributed by atoms with Crippen LogP contribution in [0.4, 0.5) is 0 Å². The van der Waals surface area contributed by atoms with Crippen LogP contribution in [-0.4, -0.2) is 32.2 Å². The van der Waals surface area contributed by atoms with Crippen LogP contribution in [-0.2, 0) is 14.3 Å². The molecule has 1 saturated heterocycles. The van der Waals surface area contributed by atoms with Gasteiger partial charge in [-0.3, -0.25) is 4.79 Å². The SMILES string of the molecule is CCC1CCCO1.COCCC(C)=O.[HH]. The number of methoxy groups -OCH3 is 1. The van der Waals surface area contributed by atoms with Gasteiger partial charge in [-0.25, -0.2) is 0 Å². The highest BCUT2D eigenvalue weighted by molar-refractivity contribution is 5.75. The Hall–Kier alpha value is -0.410. The quantitative estimate of drug-likeness (QED) is 0.705. The van der Waals surface area contributed by atoms with Crippen molar-refractivity contribution in [1.82, 2.24) is 0 Å². The molecule has 0 aromatic rings. The molecule has 14 heavy (non-hydrogen) atoms. The Bertz CT molecular complexity index is 145. The van der Waals surface area contributed by atoms with Gasteiger partial charge in [0.05, 0.1) is 12.7 Å². The van der Waals surface area contributed by atoms with Crippen molar-refractivity contribution in [2.24, 2.45) is 0 Å². The van der Waals surface area contributed by atoms with Gasteiger partial charge in [-0.2, -0.15) is 0 Å². The summed E-state index contributed by atoms with van der Waals surface area (Å²) in [5.74, 6) is 0.182. The maximum absolute atomic E-state index is 10.1. The number of carbonyl (C=O) groups is 1. The van der Waals surface area contributed by atoms with E-state index in [1.807, 2.05) is 0 Å². The second-order valence-electron chi connectivity index (χ2n) is 3.49. The lowest BCUT2D eigenvalue weighted by Gasteiger charge is -2.01. The van der Waals surface area contributed by atoms with Crippen LogP contribution in [0.15, 0.2) is 0 Å². The van der Waals surface area contributed by atoms with Gasteiger partial charge in [-0.15, -0.1) is 0 Å². The highest BCUT2D eigenvalue weighted by Gasteiger charge is 2.11. The number of rotatable bonds is 4. The minimum Gasteiger partial charge on any atom is -0.384 e. The molecule has 0 spiro atoms. The zero-order chi connectivity index (χ0) is 10.8. The minimum absolute atomic E-state index is 0. The highest BCUT2D eigenvalue weighted by Crippen LogP contribution is 2.13. The van der Waals surface area contributed by atoms with E-state index in [2.05, 4.69) is 11.7 Å². The summed E-state index contributed by atoms with van der Waals surface area (Å²) in [6.45, 7) is 5.28. The van der Waals surface area contributed by atoms with Gasteiger partial charge >= 0.3 is 0 Å². The molecule has 0 aromatic carbocycles. The van der Waals surface area contributed by atoms with Gasteiger partial charge in [0.2, 0.25) is 0 Å². The number of ether oxygens (including phenoxy) is 2. The van der Waals surface area contributed by atoms with Crippen LogP contribution in [0.2, 0.25) is 0 Å². The average molecular weight is 204 g/mol. The monoisotopic (exact) mass is 204 g/mol. The van der Waals surface area contributed by atoms with Crippen LogP contribution in [0, 0.1) is 0 Å². The van der Waals surface area contributed by atoms with E-state index >= 15 is 0 Å². The number of hydrogen-bond donors (Lipinski definition) is 0. The zero-order valence-corrected chi connectivity index (χ0v) is 9.54. The van der Waals surface area contributed by atoms with Crippen LogP contribution in [0.3, 0.4) is 0 Å². The third kappa shape index (κ3) is 8.20. The van der Waals surface area contributed by atoms with E-state index in [4.69, 9.17) is 4.74 Å². The van der Waals surface area contributed by atoms with Crippen molar-refractivity contribution in [2.75, 3.05) is 20.3 Å². The van der Waals surface area contributed by atoms with E-state index in [9.17, 15) is 4.79 Å². The highest BCUT2D eigenvalue weighted by atomic mass is 16.5. The Morgan fingerprint density at radius 1 is 1.64 bits per heavy atom. The third-order valence-electron chi connectivity index (χ3n) is 2.14. The molecule has 1 unspecified atom stereocenters. The third-order valence-corrected chi connectivity index (χ3v) is 2.14. The molecule has 1 heterocycles. The Kier molecular flexibility index (Phi) is 8.89. The Balaban J connectivity index is 0. The van der Waals surface area contributed by atoms with Crippen molar-refractivity contribution in [3.05, 3.63) is 0 Å². The molecule has 1 atom stereocenters. The predicted molar refractivity (Wildman–Crippen MR) is 58.6 cm³/mol. The topological polar surface area (TPSA) is 35.5 Å². The molecule has 1 fully saturated rings. The largest absolute Gasteiger partial charge is 0.384 e. The summed E-state index contributed by atoms with van der Waals surface area (Å²) in [6.07, 6.45) is 4.89. The van der Waals surface area contributed by atoms with Crippen LogP contribution in [0.5, 0.6) is 0 Å². The molecule has 86 valence electrons.